The zero-order valence-electron chi connectivity index (χ0n) is 9.81. The molecule has 0 bridgehead atoms. The van der Waals surface area contributed by atoms with Crippen molar-refractivity contribution in [2.45, 2.75) is 0 Å². The van der Waals surface area contributed by atoms with Crippen molar-refractivity contribution in [1.29, 1.82) is 0 Å². The van der Waals surface area contributed by atoms with Crippen LogP contribution in [-0.4, -0.2) is 21.9 Å². The van der Waals surface area contributed by atoms with Gasteiger partial charge in [0.15, 0.2) is 0 Å². The molecular formula is C10H8N3O6V-5. The van der Waals surface area contributed by atoms with Crippen LogP contribution in [0, 0.1) is 0 Å². The molecule has 0 aliphatic heterocycles. The first-order valence-electron chi connectivity index (χ1n) is 4.50. The van der Waals surface area contributed by atoms with Gasteiger partial charge >= 0.3 is 0 Å². The quantitative estimate of drug-likeness (QED) is 0.636. The number of pyridine rings is 1. The predicted molar refractivity (Wildman–Crippen MR) is 51.6 cm³/mol. The summed E-state index contributed by atoms with van der Waals surface area (Å²) >= 11 is 0. The van der Waals surface area contributed by atoms with E-state index < -0.39 is 23.3 Å². The van der Waals surface area contributed by atoms with Crippen molar-refractivity contribution in [3.63, 3.8) is 0 Å². The van der Waals surface area contributed by atoms with E-state index in [0.29, 0.717) is 0 Å². The summed E-state index contributed by atoms with van der Waals surface area (Å²) in [6, 6.07) is 3.53. The van der Waals surface area contributed by atoms with Gasteiger partial charge in [-0.3, -0.25) is 9.97 Å². The van der Waals surface area contributed by atoms with E-state index in [9.17, 15) is 19.8 Å². The first-order chi connectivity index (χ1) is 8.11. The molecule has 2 heterocycles. The Labute approximate surface area is 125 Å². The fraction of sp³-hybridized carbons (Fsp3) is 0. The van der Waals surface area contributed by atoms with Crippen LogP contribution in [0.15, 0.2) is 36.9 Å². The zero-order valence-corrected chi connectivity index (χ0v) is 11.2. The van der Waals surface area contributed by atoms with Gasteiger partial charge in [0.2, 0.25) is 6.33 Å². The van der Waals surface area contributed by atoms with Crippen LogP contribution < -0.4 is 15.2 Å². The molecule has 1 radical (unpaired) electrons. The first-order valence-corrected chi connectivity index (χ1v) is 4.50. The molecule has 2 aromatic heterocycles. The van der Waals surface area contributed by atoms with Crippen molar-refractivity contribution < 1.29 is 54.3 Å². The number of aromatic nitrogens is 3. The molecule has 0 amide bonds. The summed E-state index contributed by atoms with van der Waals surface area (Å²) in [6.45, 7) is 0. The molecule has 109 valence electrons. The Hall–Kier alpha value is -2.20. The van der Waals surface area contributed by atoms with E-state index in [1.165, 1.54) is 6.07 Å². The summed E-state index contributed by atoms with van der Waals surface area (Å²) in [5, 5.41) is 20.4. The second-order valence-electron chi connectivity index (χ2n) is 2.79. The van der Waals surface area contributed by atoms with Crippen molar-refractivity contribution in [1.82, 2.24) is 9.97 Å². The van der Waals surface area contributed by atoms with Gasteiger partial charge in [0, 0.05) is 18.6 Å². The van der Waals surface area contributed by atoms with Crippen LogP contribution >= 0.6 is 0 Å². The number of carbonyl (C=O) groups excluding carboxylic acids is 2. The third-order valence-corrected chi connectivity index (χ3v) is 1.61. The van der Waals surface area contributed by atoms with Crippen LogP contribution in [0.4, 0.5) is 0 Å². The summed E-state index contributed by atoms with van der Waals surface area (Å²) in [6.07, 6.45) is 5.39. The number of carbonyl (C=O) groups is 2. The first kappa shape index (κ1) is 22.9. The fourth-order valence-corrected chi connectivity index (χ4v) is 0.903. The third-order valence-electron chi connectivity index (χ3n) is 1.61. The van der Waals surface area contributed by atoms with E-state index in [2.05, 4.69) is 15.0 Å². The normalized spacial score (nSPS) is 7.60. The van der Waals surface area contributed by atoms with Gasteiger partial charge in [-0.05, 0) is 12.1 Å². The van der Waals surface area contributed by atoms with Gasteiger partial charge in [-0.1, -0.05) is 6.07 Å². The van der Waals surface area contributed by atoms with Crippen LogP contribution in [0.5, 0.6) is 0 Å². The number of aromatic carboxylic acids is 2. The number of carboxylic acid groups (broad SMARTS) is 2. The maximum Gasteiger partial charge on any atom is 0.239 e. The number of hydrogen-bond donors (Lipinski definition) is 1. The Kier molecular flexibility index (Phi) is 13.6. The molecule has 20 heavy (non-hydrogen) atoms. The average Bonchev–Trinajstić information content (AvgIpc) is 2.87. The Morgan fingerprint density at radius 1 is 1.10 bits per heavy atom. The molecule has 2 rings (SSSR count). The molecule has 0 saturated heterocycles. The van der Waals surface area contributed by atoms with Gasteiger partial charge in [-0.2, -0.15) is 0 Å². The molecule has 9 nitrogen and oxygen atoms in total. The maximum absolute atomic E-state index is 10.2. The van der Waals surface area contributed by atoms with E-state index in [4.69, 9.17) is 0 Å². The molecule has 10 heteroatoms. The van der Waals surface area contributed by atoms with Crippen molar-refractivity contribution in [3.8, 4) is 0 Å². The fourth-order valence-electron chi connectivity index (χ4n) is 0.903. The molecule has 0 aliphatic carbocycles. The number of aromatic amines is 2. The summed E-state index contributed by atoms with van der Waals surface area (Å²) < 4.78 is 0. The maximum atomic E-state index is 10.2. The van der Waals surface area contributed by atoms with E-state index in [1.54, 1.807) is 6.33 Å². The summed E-state index contributed by atoms with van der Waals surface area (Å²) in [4.78, 5) is 29.2. The third kappa shape index (κ3) is 8.00. The second-order valence-corrected chi connectivity index (χ2v) is 2.79. The summed E-state index contributed by atoms with van der Waals surface area (Å²) in [5.41, 5.74) is -0.839. The smallest absolute Gasteiger partial charge is 0.239 e. The molecule has 0 fully saturated rings. The number of H-pyrrole nitrogens is 2. The molecule has 2 aromatic rings. The summed E-state index contributed by atoms with van der Waals surface area (Å²) in [5.74, 6) is -3.03. The van der Waals surface area contributed by atoms with Crippen molar-refractivity contribution in [2.24, 2.45) is 0 Å². The van der Waals surface area contributed by atoms with Crippen molar-refractivity contribution in [2.75, 3.05) is 0 Å². The SMILES string of the molecule is O=C([O-])c1cccc(C(=O)[O-])n1.[O-2].[O-2].[V].c1c[nH+]c[nH]1. The van der Waals surface area contributed by atoms with Gasteiger partial charge in [0.25, 0.3) is 0 Å². The Morgan fingerprint density at radius 2 is 1.60 bits per heavy atom. The van der Waals surface area contributed by atoms with Gasteiger partial charge in [-0.15, -0.1) is 0 Å². The molecular weight excluding hydrogens is 309 g/mol. The molecule has 0 atom stereocenters. The van der Waals surface area contributed by atoms with E-state index in [0.717, 1.165) is 12.1 Å². The minimum Gasteiger partial charge on any atom is -2.00 e. The standard InChI is InChI=1S/C7H5NO4.C3H4N2.2O.V/c9-6(10)4-2-1-3-5(8-4)7(11)12;1-2-5-3-4-1;;;/h1-3H,(H,9,10)(H,11,12);1-3H,(H,4,5);;;/q;;2*-2;/p-1. The van der Waals surface area contributed by atoms with Gasteiger partial charge < -0.3 is 30.8 Å². The number of carboxylic acids is 2. The Balaban J connectivity index is -0.000000312. The van der Waals surface area contributed by atoms with Crippen molar-refractivity contribution >= 4 is 11.9 Å². The topological polar surface area (TPSA) is 180 Å². The van der Waals surface area contributed by atoms with Crippen molar-refractivity contribution in [3.05, 3.63) is 48.3 Å². The average molecular weight is 317 g/mol. The van der Waals surface area contributed by atoms with Gasteiger partial charge in [-0.25, -0.2) is 4.98 Å². The molecule has 0 aliphatic rings. The molecule has 2 N–H and O–H groups in total. The van der Waals surface area contributed by atoms with Crippen LogP contribution in [0.25, 0.3) is 0 Å². The minimum atomic E-state index is -1.52. The Bertz CT molecular complexity index is 459. The molecule has 0 unspecified atom stereocenters. The number of nitrogens with one attached hydrogen (secondary N) is 2. The number of hydrogen-bond acceptors (Lipinski definition) is 5. The Morgan fingerprint density at radius 3 is 1.85 bits per heavy atom. The number of imidazole rings is 1. The van der Waals surface area contributed by atoms with Crippen LogP contribution in [-0.2, 0) is 29.5 Å². The number of rotatable bonds is 2. The molecule has 0 aromatic carbocycles. The van der Waals surface area contributed by atoms with Crippen LogP contribution in [0.1, 0.15) is 21.0 Å². The number of nitrogens with zero attached hydrogens (tertiary/aromatic N) is 1. The molecule has 0 spiro atoms. The monoisotopic (exact) mass is 317 g/mol. The predicted octanol–water partition coefficient (Wildman–Crippen LogP) is -2.60. The minimum absolute atomic E-state index is 0. The van der Waals surface area contributed by atoms with Gasteiger partial charge in [0.1, 0.15) is 12.4 Å². The van der Waals surface area contributed by atoms with Crippen LogP contribution in [0.3, 0.4) is 0 Å². The largest absolute Gasteiger partial charge is 2.00 e. The molecule has 0 saturated carbocycles. The zero-order chi connectivity index (χ0) is 12.7. The summed E-state index contributed by atoms with van der Waals surface area (Å²) in [7, 11) is 0. The van der Waals surface area contributed by atoms with E-state index in [-0.39, 0.29) is 29.5 Å². The van der Waals surface area contributed by atoms with Crippen LogP contribution in [0.2, 0.25) is 0 Å². The van der Waals surface area contributed by atoms with Gasteiger partial charge in [0.05, 0.1) is 23.3 Å². The second kappa shape index (κ2) is 11.9. The van der Waals surface area contributed by atoms with E-state index in [1.807, 2.05) is 12.4 Å². The van der Waals surface area contributed by atoms with E-state index >= 15 is 0 Å².